The molecular weight excluding hydrogens is 2370 g/mol. The summed E-state index contributed by atoms with van der Waals surface area (Å²) >= 11 is 0. The summed E-state index contributed by atoms with van der Waals surface area (Å²) in [6, 6.07) is 0. The van der Waals surface area contributed by atoms with Crippen LogP contribution in [0.15, 0.2) is 0 Å². The summed E-state index contributed by atoms with van der Waals surface area (Å²) < 4.78 is 161. The van der Waals surface area contributed by atoms with Crippen LogP contribution in [0.25, 0.3) is 0 Å². The number of hydrogen-bond acceptors (Lipinski definition) is 26. The molecule has 1 saturated carbocycles. The Morgan fingerprint density at radius 2 is 0.407 bits per heavy atom. The monoisotopic (exact) mass is 2560 g/mol. The Morgan fingerprint density at radius 3 is 0.711 bits per heavy atom. The van der Waals surface area contributed by atoms with Crippen LogP contribution in [0.5, 0.6) is 0 Å². The van der Waals surface area contributed by atoms with Crippen LogP contribution in [0.3, 0.4) is 0 Å². The zero-order chi connectivity index (χ0) is 96.5. The molecule has 135 heavy (non-hydrogen) atoms. The van der Waals surface area contributed by atoms with Gasteiger partial charge in [0.2, 0.25) is 0 Å². The molecule has 13 fully saturated rings. The van der Waals surface area contributed by atoms with E-state index in [0.29, 0.717) is 30.1 Å². The second kappa shape index (κ2) is 51.6. The molecule has 0 bridgehead atoms. The van der Waals surface area contributed by atoms with Crippen molar-refractivity contribution in [3.8, 4) is 0 Å². The number of rotatable bonds is 32. The second-order valence-electron chi connectivity index (χ2n) is 45.4. The molecule has 1 aliphatic carbocycles. The molecule has 0 amide bonds. The Balaban J connectivity index is 0.00000628. The van der Waals surface area contributed by atoms with E-state index in [-0.39, 0.29) is 367 Å². The molecule has 0 aromatic heterocycles. The summed E-state index contributed by atoms with van der Waals surface area (Å²) in [6.45, 7) is 76.1. The summed E-state index contributed by atoms with van der Waals surface area (Å²) in [6.07, 6.45) is -7.19. The largest absolute Gasteiger partial charge is 0.394 e. The van der Waals surface area contributed by atoms with Crippen molar-refractivity contribution in [3.63, 3.8) is 0 Å². The Bertz CT molecular complexity index is 3500. The molecule has 12 saturated heterocycles. The third-order valence-electron chi connectivity index (χ3n) is 37.9. The molecule has 0 aromatic rings. The third-order valence-corrected chi connectivity index (χ3v) is 37.9. The minimum Gasteiger partial charge on any atom is -0.394 e. The van der Waals surface area contributed by atoms with Gasteiger partial charge in [-0.3, -0.25) is 0 Å². The van der Waals surface area contributed by atoms with Gasteiger partial charge in [0.05, 0.1) is 147 Å². The molecule has 61 atom stereocenters. The Morgan fingerprint density at radius 1 is 0.193 bits per heavy atom. The number of ether oxygens (including phenoxy) is 23. The van der Waals surface area contributed by atoms with Crippen molar-refractivity contribution in [3.05, 3.63) is 0 Å². The van der Waals surface area contributed by atoms with Crippen LogP contribution in [0.4, 0.5) is 0 Å². The molecule has 26 nitrogen and oxygen atoms in total. The molecule has 12 aliphatic heterocycles. The van der Waals surface area contributed by atoms with Gasteiger partial charge in [0.1, 0.15) is 18.3 Å². The van der Waals surface area contributed by atoms with Gasteiger partial charge in [0.25, 0.3) is 0 Å². The number of aliphatic hydroxyl groups is 3. The van der Waals surface area contributed by atoms with Crippen molar-refractivity contribution in [2.45, 2.75) is 515 Å². The summed E-state index contributed by atoms with van der Waals surface area (Å²) in [4.78, 5) is 0. The van der Waals surface area contributed by atoms with Gasteiger partial charge in [-0.1, -0.05) is 215 Å². The number of hydrogen-bond donors (Lipinski definition) is 3. The molecule has 777 valence electrons. The molecule has 0 spiro atoms. The van der Waals surface area contributed by atoms with E-state index in [1.807, 2.05) is 13.8 Å². The standard InChI is InChI=1S/C106H188O26.3Ac/c1-36-72-48(11)46(9)58(21)96(113-72)123-87-51(14)60(23)97(114-74(87)38-3)124-88-52(15)61(24)98(115-75(88)39-4)125-89-53(16)62(25)99(116-76(89)40-5)126-90-54(17)63(26)100(117-77(90)41-6)127-91-55(18)64(27)101(118-78(91)42-7)128-92-56(19)65(28)102(119-79(92)43-8)130-93-57(20)66(29)103(120-80(93)44-107)122-85-50(13)59(22)95(112-71(85)34)131-94-81(45-108)121-105(68(31)84(94)109)132-106(35)82-67(30)104(111-70(33)83(82)106)129-86-49(12)47(10)69(32)110-73(86)37-2;;;/h46-105,107-109H,36-45H2,1-35H3;;;/t46-,47?,48+,49?,50?,51+,52+,53?,54?,55+,56+,57?,58+,59?,60+,61?,62?,63?,64?,65?,66?,67?,68?,69+,70?,71?,72?,73?,74?,75?,76?,77?,78?,79?,80?,81?,82+,83+,84+,85-,86-,87+,88+,89-,90-,91+,92+,93-,94-,95+,96?,97?,98-,99+,100+,101-,102-,103+,104+,105-,106?;;;/m0.../s1. The van der Waals surface area contributed by atoms with Crippen molar-refractivity contribution in [1.29, 1.82) is 0 Å². The normalized spacial score (nSPS) is 54.3. The first-order chi connectivity index (χ1) is 62.5. The van der Waals surface area contributed by atoms with E-state index in [9.17, 15) is 15.3 Å². The van der Waals surface area contributed by atoms with Crippen molar-refractivity contribution < 1.29 is 256 Å². The molecule has 13 rings (SSSR count). The first-order valence-corrected chi connectivity index (χ1v) is 53.5. The van der Waals surface area contributed by atoms with E-state index in [1.165, 1.54) is 0 Å². The van der Waals surface area contributed by atoms with Gasteiger partial charge in [-0.05, 0) is 150 Å². The van der Waals surface area contributed by atoms with E-state index in [1.54, 1.807) is 0 Å². The van der Waals surface area contributed by atoms with Gasteiger partial charge in [-0.25, -0.2) is 0 Å². The number of fused-ring (bicyclic) bond motifs is 1. The fraction of sp³-hybridized carbons (Fsp3) is 1.00. The van der Waals surface area contributed by atoms with Crippen molar-refractivity contribution in [1.82, 2.24) is 0 Å². The van der Waals surface area contributed by atoms with Gasteiger partial charge in [0.15, 0.2) is 69.2 Å². The summed E-state index contributed by atoms with van der Waals surface area (Å²) in [5.41, 5.74) is -0.617. The fourth-order valence-corrected chi connectivity index (χ4v) is 25.8. The molecule has 3 N–H and O–H groups in total. The quantitative estimate of drug-likeness (QED) is 0.0564. The SMILES string of the molecule is CCC1O[C@H](O[C@H]2C(CC)O[C@@H](O[C@H]3C(CC)O[C@@H](O[C@@H]4C(CO)O[C@H](O[C@@H]5C(C)O[C@H](O[C@H]6C(CO)O[C@@H](OC7(C)[C@@H]8C(C)O[C@H](O[C@@H]9C(CC)O[C@H](C)C(C)C9C)C(C)[C@H]87)C(C)[C@H]6O)C(C)C5C)C(C)C4C)C(C)[C@H]3C)C(C)[C@H]2C)C(C)C(C)[C@@H]1O[C@H]1OC(CC)[C@@H](O[C@@H]2OC(CC)[C@H](OC3OC(CC)[C@H](OC4OC(CC)[C@H](C)[C@H](C)[C@H]4C)[C@H](C)[C@H]3C)[C@H](C)C2C)C(C)C1C.[Ac].[Ac].[Ac]. The fourth-order valence-electron chi connectivity index (χ4n) is 25.8. The van der Waals surface area contributed by atoms with E-state index < -0.39 is 124 Å². The molecular formula is C106H188Ac3O26. The van der Waals surface area contributed by atoms with Crippen molar-refractivity contribution in [2.24, 2.45) is 148 Å². The zero-order valence-electron chi connectivity index (χ0n) is 89.7. The minimum atomic E-state index is -1.05. The van der Waals surface area contributed by atoms with E-state index >= 15 is 0 Å². The summed E-state index contributed by atoms with van der Waals surface area (Å²) in [7, 11) is 0. The second-order valence-corrected chi connectivity index (χ2v) is 45.4. The summed E-state index contributed by atoms with van der Waals surface area (Å²) in [5.74, 6) is 1.48. The molecule has 0 aromatic carbocycles. The summed E-state index contributed by atoms with van der Waals surface area (Å²) in [5, 5.41) is 34.4. The maximum absolute atomic E-state index is 12.2. The van der Waals surface area contributed by atoms with Gasteiger partial charge in [-0.2, -0.15) is 0 Å². The van der Waals surface area contributed by atoms with Gasteiger partial charge >= 0.3 is 0 Å². The van der Waals surface area contributed by atoms with Crippen LogP contribution in [0, 0.1) is 280 Å². The van der Waals surface area contributed by atoms with Crippen LogP contribution >= 0.6 is 0 Å². The van der Waals surface area contributed by atoms with Crippen LogP contribution in [0.1, 0.15) is 294 Å². The average molecular weight is 2560 g/mol. The van der Waals surface area contributed by atoms with E-state index in [4.69, 9.17) is 109 Å². The predicted octanol–water partition coefficient (Wildman–Crippen LogP) is 17.9. The maximum atomic E-state index is 12.2. The molecule has 29 heteroatoms. The molecule has 13 aliphatic rings. The topological polar surface area (TPSA) is 273 Å². The van der Waals surface area contributed by atoms with Gasteiger partial charge < -0.3 is 124 Å². The van der Waals surface area contributed by atoms with E-state index in [0.717, 1.165) is 44.9 Å². The van der Waals surface area contributed by atoms with Crippen LogP contribution < -0.4 is 0 Å². The van der Waals surface area contributed by atoms with Crippen LogP contribution in [-0.2, 0) is 109 Å². The van der Waals surface area contributed by atoms with Gasteiger partial charge in [-0.15, -0.1) is 0 Å². The first kappa shape index (κ1) is 120. The van der Waals surface area contributed by atoms with Crippen LogP contribution in [-0.4, -0.2) is 250 Å². The van der Waals surface area contributed by atoms with Crippen molar-refractivity contribution >= 4 is 0 Å². The Labute approximate surface area is 922 Å². The Hall–Kier alpha value is 3.28. The van der Waals surface area contributed by atoms with Crippen molar-refractivity contribution in [2.75, 3.05) is 13.2 Å². The number of aliphatic hydroxyl groups excluding tert-OH is 3. The van der Waals surface area contributed by atoms with Gasteiger partial charge in [0, 0.05) is 209 Å². The van der Waals surface area contributed by atoms with Crippen LogP contribution in [0.2, 0.25) is 0 Å². The Kier molecular flexibility index (Phi) is 45.9. The zero-order valence-corrected chi connectivity index (χ0v) is 104. The minimum absolute atomic E-state index is 0. The van der Waals surface area contributed by atoms with E-state index in [2.05, 4.69) is 228 Å². The predicted molar refractivity (Wildman–Crippen MR) is 499 cm³/mol. The molecule has 3 radical (unpaired) electrons. The maximum Gasteiger partial charge on any atom is 0.164 e. The molecule has 12 heterocycles. The first-order valence-electron chi connectivity index (χ1n) is 53.5. The average Bonchev–Trinajstić information content (AvgIpc) is 1.52. The third kappa shape index (κ3) is 24.8. The smallest absolute Gasteiger partial charge is 0.164 e. The molecule has 30 unspecified atom stereocenters.